The van der Waals surface area contributed by atoms with Crippen LogP contribution in [0.4, 0.5) is 10.5 Å². The average molecular weight is 388 g/mol. The Balaban J connectivity index is 1.50. The van der Waals surface area contributed by atoms with Gasteiger partial charge in [-0.15, -0.1) is 11.8 Å². The number of hydrogen-bond donors (Lipinski definition) is 1. The number of carbonyl (C=O) groups excluding carboxylic acids is 2. The van der Waals surface area contributed by atoms with E-state index in [0.29, 0.717) is 31.9 Å². The molecule has 0 bridgehead atoms. The molecule has 0 spiro atoms. The molecular weight excluding hydrogens is 362 g/mol. The number of carbonyl (C=O) groups is 2. The number of amides is 3. The van der Waals surface area contributed by atoms with Crippen LogP contribution in [0, 0.1) is 0 Å². The number of hydrogen-bond acceptors (Lipinski definition) is 4. The van der Waals surface area contributed by atoms with E-state index >= 15 is 0 Å². The van der Waals surface area contributed by atoms with E-state index in [-0.39, 0.29) is 16.7 Å². The summed E-state index contributed by atoms with van der Waals surface area (Å²) < 4.78 is 5.31. The number of urea groups is 1. The van der Waals surface area contributed by atoms with Crippen LogP contribution in [0.2, 0.25) is 0 Å². The first-order valence-corrected chi connectivity index (χ1v) is 9.81. The number of nitrogens with zero attached hydrogens (tertiary/aromatic N) is 2. The molecule has 1 aromatic carbocycles. The van der Waals surface area contributed by atoms with Crippen molar-refractivity contribution < 1.29 is 14.0 Å². The first-order valence-electron chi connectivity index (χ1n) is 9.00. The molecule has 1 N–H and O–H groups in total. The van der Waals surface area contributed by atoms with Gasteiger partial charge >= 0.3 is 6.03 Å². The second kappa shape index (κ2) is 8.08. The van der Waals surface area contributed by atoms with Gasteiger partial charge in [0.15, 0.2) is 5.76 Å². The molecule has 1 aliphatic rings. The Kier molecular flexibility index (Phi) is 5.79. The molecule has 1 fully saturated rings. The maximum Gasteiger partial charge on any atom is 0.321 e. The Morgan fingerprint density at radius 3 is 2.19 bits per heavy atom. The molecule has 7 heteroatoms. The van der Waals surface area contributed by atoms with Crippen LogP contribution >= 0.6 is 11.8 Å². The van der Waals surface area contributed by atoms with Crippen molar-refractivity contribution in [3.63, 3.8) is 0 Å². The van der Waals surface area contributed by atoms with Crippen LogP contribution in [-0.2, 0) is 0 Å². The summed E-state index contributed by atoms with van der Waals surface area (Å²) in [5.41, 5.74) is 0.771. The highest BCUT2D eigenvalue weighted by atomic mass is 32.2. The lowest BCUT2D eigenvalue weighted by Crippen LogP contribution is -2.51. The summed E-state index contributed by atoms with van der Waals surface area (Å²) in [6.07, 6.45) is 1.49. The minimum absolute atomic E-state index is 0.132. The third kappa shape index (κ3) is 5.29. The van der Waals surface area contributed by atoms with E-state index < -0.39 is 0 Å². The average Bonchev–Trinajstić information content (AvgIpc) is 3.16. The Hall–Kier alpha value is -2.41. The number of piperazine rings is 1. The molecule has 1 aromatic heterocycles. The standard InChI is InChI=1S/C20H25N3O3S/c1-20(2,3)27-16-8-6-15(7-9-16)21-19(25)23-12-10-22(11-13-23)18(24)17-5-4-14-26-17/h4-9,14H,10-13H2,1-3H3,(H,21,25). The highest BCUT2D eigenvalue weighted by Crippen LogP contribution is 2.32. The summed E-state index contributed by atoms with van der Waals surface area (Å²) in [5.74, 6) is 0.202. The van der Waals surface area contributed by atoms with Crippen LogP contribution in [0.3, 0.4) is 0 Å². The summed E-state index contributed by atoms with van der Waals surface area (Å²) in [6, 6.07) is 11.1. The topological polar surface area (TPSA) is 65.8 Å². The van der Waals surface area contributed by atoms with Crippen LogP contribution in [-0.4, -0.2) is 52.7 Å². The molecular formula is C20H25N3O3S. The molecule has 1 saturated heterocycles. The van der Waals surface area contributed by atoms with Crippen molar-refractivity contribution >= 4 is 29.4 Å². The van der Waals surface area contributed by atoms with Gasteiger partial charge in [-0.2, -0.15) is 0 Å². The van der Waals surface area contributed by atoms with Crippen molar-refractivity contribution in [2.75, 3.05) is 31.5 Å². The minimum Gasteiger partial charge on any atom is -0.459 e. The lowest BCUT2D eigenvalue weighted by atomic mass is 10.3. The number of rotatable bonds is 3. The van der Waals surface area contributed by atoms with Crippen LogP contribution < -0.4 is 5.32 Å². The lowest BCUT2D eigenvalue weighted by Gasteiger charge is -2.34. The molecule has 0 aliphatic carbocycles. The van der Waals surface area contributed by atoms with Crippen LogP contribution in [0.1, 0.15) is 31.3 Å². The molecule has 27 heavy (non-hydrogen) atoms. The van der Waals surface area contributed by atoms with Gasteiger partial charge < -0.3 is 19.5 Å². The van der Waals surface area contributed by atoms with Gasteiger partial charge in [0.05, 0.1) is 6.26 Å². The van der Waals surface area contributed by atoms with E-state index in [1.54, 1.807) is 33.7 Å². The normalized spacial score (nSPS) is 14.9. The van der Waals surface area contributed by atoms with Gasteiger partial charge in [-0.05, 0) is 36.4 Å². The van der Waals surface area contributed by atoms with Gasteiger partial charge in [-0.3, -0.25) is 4.79 Å². The second-order valence-electron chi connectivity index (χ2n) is 7.43. The molecule has 0 atom stereocenters. The van der Waals surface area contributed by atoms with Crippen molar-refractivity contribution in [2.45, 2.75) is 30.4 Å². The quantitative estimate of drug-likeness (QED) is 0.803. The lowest BCUT2D eigenvalue weighted by molar-refractivity contribution is 0.0640. The second-order valence-corrected chi connectivity index (χ2v) is 9.33. The van der Waals surface area contributed by atoms with Gasteiger partial charge in [0, 0.05) is 41.5 Å². The largest absolute Gasteiger partial charge is 0.459 e. The summed E-state index contributed by atoms with van der Waals surface area (Å²) >= 11 is 1.79. The third-order valence-electron chi connectivity index (χ3n) is 4.12. The summed E-state index contributed by atoms with van der Waals surface area (Å²) in [5, 5.41) is 2.93. The highest BCUT2D eigenvalue weighted by molar-refractivity contribution is 8.00. The number of furan rings is 1. The summed E-state index contributed by atoms with van der Waals surface area (Å²) in [7, 11) is 0. The van der Waals surface area contributed by atoms with Crippen molar-refractivity contribution in [1.82, 2.24) is 9.80 Å². The van der Waals surface area contributed by atoms with E-state index in [4.69, 9.17) is 4.42 Å². The molecule has 6 nitrogen and oxygen atoms in total. The Morgan fingerprint density at radius 1 is 1.00 bits per heavy atom. The number of anilines is 1. The van der Waals surface area contributed by atoms with Crippen LogP contribution in [0.5, 0.6) is 0 Å². The fourth-order valence-electron chi connectivity index (χ4n) is 2.83. The van der Waals surface area contributed by atoms with Gasteiger partial charge in [-0.1, -0.05) is 20.8 Å². The van der Waals surface area contributed by atoms with E-state index in [9.17, 15) is 9.59 Å². The molecule has 1 aliphatic heterocycles. The highest BCUT2D eigenvalue weighted by Gasteiger charge is 2.26. The Bertz CT molecular complexity index is 774. The first kappa shape index (κ1) is 19.4. The number of thioether (sulfide) groups is 1. The van der Waals surface area contributed by atoms with Crippen molar-refractivity contribution in [1.29, 1.82) is 0 Å². The smallest absolute Gasteiger partial charge is 0.321 e. The molecule has 3 amide bonds. The zero-order chi connectivity index (χ0) is 19.4. The van der Waals surface area contributed by atoms with Gasteiger partial charge in [-0.25, -0.2) is 4.79 Å². The molecule has 2 aromatic rings. The van der Waals surface area contributed by atoms with E-state index in [2.05, 4.69) is 26.1 Å². The SMILES string of the molecule is CC(C)(C)Sc1ccc(NC(=O)N2CCN(C(=O)c3ccco3)CC2)cc1. The van der Waals surface area contributed by atoms with E-state index in [1.807, 2.05) is 24.3 Å². The Morgan fingerprint density at radius 2 is 1.63 bits per heavy atom. The molecule has 2 heterocycles. The predicted molar refractivity (Wildman–Crippen MR) is 107 cm³/mol. The van der Waals surface area contributed by atoms with Gasteiger partial charge in [0.1, 0.15) is 0 Å². The fraction of sp³-hybridized carbons (Fsp3) is 0.400. The van der Waals surface area contributed by atoms with Crippen LogP contribution in [0.15, 0.2) is 52.0 Å². The van der Waals surface area contributed by atoms with Crippen molar-refractivity contribution in [2.24, 2.45) is 0 Å². The zero-order valence-corrected chi connectivity index (χ0v) is 16.7. The number of nitrogens with one attached hydrogen (secondary N) is 1. The fourth-order valence-corrected chi connectivity index (χ4v) is 3.81. The molecule has 0 unspecified atom stereocenters. The molecule has 144 valence electrons. The monoisotopic (exact) mass is 387 g/mol. The molecule has 0 radical (unpaired) electrons. The predicted octanol–water partition coefficient (Wildman–Crippen LogP) is 4.16. The maximum absolute atomic E-state index is 12.5. The molecule has 3 rings (SSSR count). The van der Waals surface area contributed by atoms with E-state index in [0.717, 1.165) is 5.69 Å². The van der Waals surface area contributed by atoms with Gasteiger partial charge in [0.2, 0.25) is 0 Å². The maximum atomic E-state index is 12.5. The van der Waals surface area contributed by atoms with E-state index in [1.165, 1.54) is 11.2 Å². The van der Waals surface area contributed by atoms with Gasteiger partial charge in [0.25, 0.3) is 5.91 Å². The Labute approximate surface area is 163 Å². The third-order valence-corrected chi connectivity index (χ3v) is 5.24. The first-order chi connectivity index (χ1) is 12.8. The van der Waals surface area contributed by atoms with Crippen molar-refractivity contribution in [3.8, 4) is 0 Å². The van der Waals surface area contributed by atoms with Crippen molar-refractivity contribution in [3.05, 3.63) is 48.4 Å². The summed E-state index contributed by atoms with van der Waals surface area (Å²) in [6.45, 7) is 8.49. The number of benzene rings is 1. The molecule has 0 saturated carbocycles. The zero-order valence-electron chi connectivity index (χ0n) is 15.9. The summed E-state index contributed by atoms with van der Waals surface area (Å²) in [4.78, 5) is 29.4. The minimum atomic E-state index is -0.142. The van der Waals surface area contributed by atoms with Crippen LogP contribution in [0.25, 0.3) is 0 Å².